The molecule has 2 unspecified atom stereocenters. The molecule has 0 radical (unpaired) electrons. The van der Waals surface area contributed by atoms with Crippen molar-refractivity contribution in [3.05, 3.63) is 47.5 Å². The molecule has 0 bridgehead atoms. The van der Waals surface area contributed by atoms with E-state index in [1.54, 1.807) is 4.68 Å². The number of hydrogen-bond donors (Lipinski definition) is 1. The van der Waals surface area contributed by atoms with Gasteiger partial charge >= 0.3 is 0 Å². The molecular formula is C18H20F2N6. The molecule has 0 saturated heterocycles. The standard InChI is InChI=1S/C18H20F2N6/c1-11-4-2-3-5-15(11)18-23-17(16-21-10-22-24-16)25-26(18)9-12-6-13(19)8-14(20)7-12/h6-8,10-11,15H,2-5,9H2,1H3,(H,21,22,24). The molecule has 2 atom stereocenters. The fourth-order valence-corrected chi connectivity index (χ4v) is 3.73. The quantitative estimate of drug-likeness (QED) is 0.772. The zero-order chi connectivity index (χ0) is 18.1. The fourth-order valence-electron chi connectivity index (χ4n) is 3.73. The van der Waals surface area contributed by atoms with Crippen molar-refractivity contribution in [3.8, 4) is 11.6 Å². The van der Waals surface area contributed by atoms with Crippen LogP contribution in [0, 0.1) is 17.6 Å². The van der Waals surface area contributed by atoms with Crippen molar-refractivity contribution in [1.82, 2.24) is 29.9 Å². The van der Waals surface area contributed by atoms with E-state index in [1.807, 2.05) is 0 Å². The highest BCUT2D eigenvalue weighted by Crippen LogP contribution is 2.37. The van der Waals surface area contributed by atoms with Crippen LogP contribution in [-0.4, -0.2) is 29.9 Å². The first-order valence-corrected chi connectivity index (χ1v) is 8.85. The maximum Gasteiger partial charge on any atom is 0.218 e. The van der Waals surface area contributed by atoms with Gasteiger partial charge in [0.25, 0.3) is 0 Å². The highest BCUT2D eigenvalue weighted by atomic mass is 19.1. The van der Waals surface area contributed by atoms with E-state index < -0.39 is 11.6 Å². The number of nitrogens with one attached hydrogen (secondary N) is 1. The highest BCUT2D eigenvalue weighted by Gasteiger charge is 2.29. The van der Waals surface area contributed by atoms with E-state index in [2.05, 4.69) is 27.2 Å². The number of halogens is 2. The molecule has 1 saturated carbocycles. The summed E-state index contributed by atoms with van der Waals surface area (Å²) in [5, 5.41) is 11.2. The first-order chi connectivity index (χ1) is 12.6. The van der Waals surface area contributed by atoms with Crippen LogP contribution in [0.1, 0.15) is 49.9 Å². The Kier molecular flexibility index (Phi) is 4.48. The molecule has 1 aliphatic rings. The number of hydrogen-bond acceptors (Lipinski definition) is 4. The number of H-pyrrole nitrogens is 1. The van der Waals surface area contributed by atoms with Crippen LogP contribution in [0.2, 0.25) is 0 Å². The largest absolute Gasteiger partial charge is 0.257 e. The van der Waals surface area contributed by atoms with Crippen molar-refractivity contribution in [2.45, 2.75) is 45.1 Å². The molecule has 0 spiro atoms. The lowest BCUT2D eigenvalue weighted by atomic mass is 9.80. The Hall–Kier alpha value is -2.64. The van der Waals surface area contributed by atoms with Crippen molar-refractivity contribution in [1.29, 1.82) is 0 Å². The average molecular weight is 358 g/mol. The number of aromatic nitrogens is 6. The van der Waals surface area contributed by atoms with Crippen LogP contribution in [0.15, 0.2) is 24.5 Å². The Bertz CT molecular complexity index is 869. The molecule has 3 aromatic rings. The van der Waals surface area contributed by atoms with E-state index in [0.717, 1.165) is 31.2 Å². The van der Waals surface area contributed by atoms with E-state index in [9.17, 15) is 8.78 Å². The molecule has 1 aromatic carbocycles. The number of benzene rings is 1. The van der Waals surface area contributed by atoms with Crippen LogP contribution in [0.25, 0.3) is 11.6 Å². The molecule has 136 valence electrons. The molecule has 6 nitrogen and oxygen atoms in total. The summed E-state index contributed by atoms with van der Waals surface area (Å²) >= 11 is 0. The van der Waals surface area contributed by atoms with Crippen LogP contribution in [0.4, 0.5) is 8.78 Å². The van der Waals surface area contributed by atoms with Gasteiger partial charge in [-0.05, 0) is 30.0 Å². The third kappa shape index (κ3) is 3.36. The minimum absolute atomic E-state index is 0.258. The molecule has 0 aliphatic heterocycles. The lowest BCUT2D eigenvalue weighted by Crippen LogP contribution is -2.20. The molecular weight excluding hydrogens is 338 g/mol. The Balaban J connectivity index is 1.73. The third-order valence-corrected chi connectivity index (χ3v) is 5.02. The average Bonchev–Trinajstić information content (AvgIpc) is 3.24. The zero-order valence-electron chi connectivity index (χ0n) is 14.5. The SMILES string of the molecule is CC1CCCCC1c1nc(-c2ncn[nH]2)nn1Cc1cc(F)cc(F)c1. The molecule has 0 amide bonds. The Morgan fingerprint density at radius 3 is 2.62 bits per heavy atom. The van der Waals surface area contributed by atoms with Crippen molar-refractivity contribution in [2.24, 2.45) is 5.92 Å². The lowest BCUT2D eigenvalue weighted by Gasteiger charge is -2.28. The molecule has 1 fully saturated rings. The summed E-state index contributed by atoms with van der Waals surface area (Å²) < 4.78 is 28.9. The summed E-state index contributed by atoms with van der Waals surface area (Å²) in [6, 6.07) is 3.52. The molecule has 8 heteroatoms. The van der Waals surface area contributed by atoms with Gasteiger partial charge in [-0.25, -0.2) is 23.4 Å². The summed E-state index contributed by atoms with van der Waals surface area (Å²) in [7, 11) is 0. The summed E-state index contributed by atoms with van der Waals surface area (Å²) in [6.07, 6.45) is 5.95. The normalized spacial score (nSPS) is 20.4. The smallest absolute Gasteiger partial charge is 0.218 e. The van der Waals surface area contributed by atoms with Gasteiger partial charge in [0.1, 0.15) is 23.8 Å². The molecule has 4 rings (SSSR count). The van der Waals surface area contributed by atoms with Crippen LogP contribution in [0.5, 0.6) is 0 Å². The number of nitrogens with zero attached hydrogens (tertiary/aromatic N) is 5. The topological polar surface area (TPSA) is 72.3 Å². The van der Waals surface area contributed by atoms with Gasteiger partial charge in [0.05, 0.1) is 6.54 Å². The predicted octanol–water partition coefficient (Wildman–Crippen LogP) is 3.68. The Morgan fingerprint density at radius 2 is 1.92 bits per heavy atom. The van der Waals surface area contributed by atoms with Crippen LogP contribution in [-0.2, 0) is 6.54 Å². The summed E-state index contributed by atoms with van der Waals surface area (Å²) in [6.45, 7) is 2.48. The van der Waals surface area contributed by atoms with E-state index in [4.69, 9.17) is 4.98 Å². The van der Waals surface area contributed by atoms with Gasteiger partial charge in [-0.2, -0.15) is 5.10 Å². The van der Waals surface area contributed by atoms with Gasteiger partial charge in [0.15, 0.2) is 5.82 Å². The van der Waals surface area contributed by atoms with Crippen molar-refractivity contribution in [3.63, 3.8) is 0 Å². The maximum atomic E-state index is 13.6. The maximum absolute atomic E-state index is 13.6. The molecule has 26 heavy (non-hydrogen) atoms. The monoisotopic (exact) mass is 358 g/mol. The van der Waals surface area contributed by atoms with Gasteiger partial charge in [-0.1, -0.05) is 26.2 Å². The summed E-state index contributed by atoms with van der Waals surface area (Å²) in [5.41, 5.74) is 0.515. The van der Waals surface area contributed by atoms with Crippen LogP contribution in [0.3, 0.4) is 0 Å². The first kappa shape index (κ1) is 16.8. The van der Waals surface area contributed by atoms with Gasteiger partial charge < -0.3 is 0 Å². The van der Waals surface area contributed by atoms with Gasteiger partial charge in [-0.15, -0.1) is 5.10 Å². The second kappa shape index (κ2) is 6.93. The van der Waals surface area contributed by atoms with Crippen molar-refractivity contribution >= 4 is 0 Å². The van der Waals surface area contributed by atoms with E-state index in [0.29, 0.717) is 23.1 Å². The van der Waals surface area contributed by atoms with E-state index in [-0.39, 0.29) is 12.5 Å². The van der Waals surface area contributed by atoms with Crippen LogP contribution < -0.4 is 0 Å². The Labute approximate surface area is 149 Å². The molecule has 2 aromatic heterocycles. The zero-order valence-corrected chi connectivity index (χ0v) is 14.5. The minimum atomic E-state index is -0.594. The third-order valence-electron chi connectivity index (χ3n) is 5.02. The molecule has 1 N–H and O–H groups in total. The fraction of sp³-hybridized carbons (Fsp3) is 0.444. The Morgan fingerprint density at radius 1 is 1.15 bits per heavy atom. The number of aromatic amines is 1. The van der Waals surface area contributed by atoms with Crippen LogP contribution >= 0.6 is 0 Å². The second-order valence-corrected chi connectivity index (χ2v) is 6.93. The first-order valence-electron chi connectivity index (χ1n) is 8.85. The van der Waals surface area contributed by atoms with Crippen molar-refractivity contribution in [2.75, 3.05) is 0 Å². The van der Waals surface area contributed by atoms with Gasteiger partial charge in [0.2, 0.25) is 5.82 Å². The van der Waals surface area contributed by atoms with E-state index >= 15 is 0 Å². The van der Waals surface area contributed by atoms with Gasteiger partial charge in [-0.3, -0.25) is 5.10 Å². The predicted molar refractivity (Wildman–Crippen MR) is 91.2 cm³/mol. The van der Waals surface area contributed by atoms with E-state index in [1.165, 1.54) is 24.9 Å². The molecule has 1 aliphatic carbocycles. The number of rotatable bonds is 4. The lowest BCUT2D eigenvalue weighted by molar-refractivity contribution is 0.311. The summed E-state index contributed by atoms with van der Waals surface area (Å²) in [4.78, 5) is 8.81. The minimum Gasteiger partial charge on any atom is -0.257 e. The van der Waals surface area contributed by atoms with Gasteiger partial charge in [0, 0.05) is 12.0 Å². The molecule has 2 heterocycles. The summed E-state index contributed by atoms with van der Waals surface area (Å²) in [5.74, 6) is 1.34. The second-order valence-electron chi connectivity index (χ2n) is 6.93. The van der Waals surface area contributed by atoms with Crippen molar-refractivity contribution < 1.29 is 8.78 Å². The highest BCUT2D eigenvalue weighted by molar-refractivity contribution is 5.41.